The zero-order valence-corrected chi connectivity index (χ0v) is 16.6. The van der Waals surface area contributed by atoms with Gasteiger partial charge in [0.15, 0.2) is 0 Å². The molecule has 0 spiro atoms. The van der Waals surface area contributed by atoms with Crippen LogP contribution in [0.5, 0.6) is 5.75 Å². The van der Waals surface area contributed by atoms with Crippen LogP contribution in [0.4, 0.5) is 5.69 Å². The standard InChI is InChI=1S/C19H30N2O4S/c1-3-25-18-13-9-8-12-17(18)21(26(2,23)24)15-14-19(22)20-16-10-6-4-5-7-11-16/h8-9,12-13,16H,3-7,10-11,14-15H2,1-2H3,(H,20,22). The molecule has 26 heavy (non-hydrogen) atoms. The van der Waals surface area contributed by atoms with Crippen LogP contribution in [0.1, 0.15) is 51.9 Å². The molecule has 1 N–H and O–H groups in total. The smallest absolute Gasteiger partial charge is 0.232 e. The maximum atomic E-state index is 12.3. The molecule has 0 aromatic heterocycles. The molecule has 1 aromatic carbocycles. The summed E-state index contributed by atoms with van der Waals surface area (Å²) in [7, 11) is -3.52. The molecule has 0 heterocycles. The minimum Gasteiger partial charge on any atom is -0.492 e. The van der Waals surface area contributed by atoms with Gasteiger partial charge < -0.3 is 10.1 Å². The number of hydrogen-bond donors (Lipinski definition) is 1. The van der Waals surface area contributed by atoms with Crippen LogP contribution in [0.15, 0.2) is 24.3 Å². The number of sulfonamides is 1. The molecule has 2 rings (SSSR count). The molecule has 0 unspecified atom stereocenters. The van der Waals surface area contributed by atoms with E-state index in [1.54, 1.807) is 24.3 Å². The van der Waals surface area contributed by atoms with E-state index < -0.39 is 10.0 Å². The monoisotopic (exact) mass is 382 g/mol. The molecule has 0 saturated heterocycles. The zero-order valence-electron chi connectivity index (χ0n) is 15.7. The number of amides is 1. The number of rotatable bonds is 8. The van der Waals surface area contributed by atoms with Gasteiger partial charge in [0.1, 0.15) is 5.75 Å². The van der Waals surface area contributed by atoms with E-state index in [9.17, 15) is 13.2 Å². The van der Waals surface area contributed by atoms with Crippen LogP contribution in [0.3, 0.4) is 0 Å². The Morgan fingerprint density at radius 3 is 2.46 bits per heavy atom. The van der Waals surface area contributed by atoms with E-state index in [-0.39, 0.29) is 24.9 Å². The van der Waals surface area contributed by atoms with E-state index in [4.69, 9.17) is 4.74 Å². The van der Waals surface area contributed by atoms with E-state index >= 15 is 0 Å². The molecule has 0 aliphatic heterocycles. The van der Waals surface area contributed by atoms with Crippen LogP contribution in [0.2, 0.25) is 0 Å². The first kappa shape index (κ1) is 20.6. The van der Waals surface area contributed by atoms with Gasteiger partial charge in [0, 0.05) is 19.0 Å². The molecule has 1 fully saturated rings. The molecule has 1 aliphatic carbocycles. The molecule has 7 heteroatoms. The third-order valence-electron chi connectivity index (χ3n) is 4.60. The molecule has 146 valence electrons. The minimum absolute atomic E-state index is 0.0977. The highest BCUT2D eigenvalue weighted by Crippen LogP contribution is 2.30. The average molecular weight is 383 g/mol. The molecule has 1 aromatic rings. The molecule has 0 bridgehead atoms. The quantitative estimate of drug-likeness (QED) is 0.701. The van der Waals surface area contributed by atoms with E-state index in [1.165, 1.54) is 17.1 Å². The number of benzene rings is 1. The van der Waals surface area contributed by atoms with Crippen molar-refractivity contribution >= 4 is 21.6 Å². The number of carbonyl (C=O) groups is 1. The highest BCUT2D eigenvalue weighted by molar-refractivity contribution is 7.92. The highest BCUT2D eigenvalue weighted by atomic mass is 32.2. The number of anilines is 1. The van der Waals surface area contributed by atoms with Gasteiger partial charge in [-0.25, -0.2) is 8.42 Å². The largest absolute Gasteiger partial charge is 0.492 e. The SMILES string of the molecule is CCOc1ccccc1N(CCC(=O)NC1CCCCCC1)S(C)(=O)=O. The lowest BCUT2D eigenvalue weighted by atomic mass is 10.1. The van der Waals surface area contributed by atoms with Crippen LogP contribution in [-0.4, -0.2) is 39.8 Å². The summed E-state index contributed by atoms with van der Waals surface area (Å²) in [5, 5.41) is 3.07. The normalized spacial score (nSPS) is 15.9. The van der Waals surface area contributed by atoms with Crippen LogP contribution < -0.4 is 14.4 Å². The van der Waals surface area contributed by atoms with Crippen LogP contribution in [0, 0.1) is 0 Å². The van der Waals surface area contributed by atoms with Gasteiger partial charge in [0.25, 0.3) is 0 Å². The summed E-state index contributed by atoms with van der Waals surface area (Å²) in [4.78, 5) is 12.3. The second-order valence-electron chi connectivity index (χ2n) is 6.74. The Morgan fingerprint density at radius 2 is 1.85 bits per heavy atom. The van der Waals surface area contributed by atoms with Gasteiger partial charge in [-0.1, -0.05) is 37.8 Å². The maximum absolute atomic E-state index is 12.3. The summed E-state index contributed by atoms with van der Waals surface area (Å²) in [6, 6.07) is 7.22. The Hall–Kier alpha value is -1.76. The Balaban J connectivity index is 2.04. The second kappa shape index (κ2) is 9.80. The zero-order chi connectivity index (χ0) is 19.0. The Kier molecular flexibility index (Phi) is 7.75. The number of ether oxygens (including phenoxy) is 1. The van der Waals surface area contributed by atoms with Crippen molar-refractivity contribution in [2.45, 2.75) is 57.9 Å². The number of nitrogens with zero attached hydrogens (tertiary/aromatic N) is 1. The van der Waals surface area contributed by atoms with Gasteiger partial charge in [0.05, 0.1) is 18.6 Å². The van der Waals surface area contributed by atoms with Crippen molar-refractivity contribution < 1.29 is 17.9 Å². The van der Waals surface area contributed by atoms with Crippen molar-refractivity contribution in [2.75, 3.05) is 23.7 Å². The van der Waals surface area contributed by atoms with Gasteiger partial charge in [-0.15, -0.1) is 0 Å². The predicted octanol–water partition coefficient (Wildman–Crippen LogP) is 3.08. The maximum Gasteiger partial charge on any atom is 0.232 e. The van der Waals surface area contributed by atoms with Gasteiger partial charge in [0.2, 0.25) is 15.9 Å². The van der Waals surface area contributed by atoms with Gasteiger partial charge in [-0.3, -0.25) is 9.10 Å². The summed E-state index contributed by atoms with van der Waals surface area (Å²) in [6.45, 7) is 2.39. The Labute approximate surface area is 157 Å². The number of carbonyl (C=O) groups excluding carboxylic acids is 1. The van der Waals surface area contributed by atoms with E-state index in [1.807, 2.05) is 6.92 Å². The lowest BCUT2D eigenvalue weighted by Gasteiger charge is -2.25. The summed E-state index contributed by atoms with van der Waals surface area (Å²) >= 11 is 0. The van der Waals surface area contributed by atoms with Crippen molar-refractivity contribution in [3.63, 3.8) is 0 Å². The number of nitrogens with one attached hydrogen (secondary N) is 1. The van der Waals surface area contributed by atoms with Crippen LogP contribution >= 0.6 is 0 Å². The molecular formula is C19H30N2O4S. The fourth-order valence-corrected chi connectivity index (χ4v) is 4.26. The molecule has 1 amide bonds. The number of para-hydroxylation sites is 2. The summed E-state index contributed by atoms with van der Waals surface area (Å²) in [6.07, 6.45) is 8.03. The second-order valence-corrected chi connectivity index (χ2v) is 8.65. The Morgan fingerprint density at radius 1 is 1.19 bits per heavy atom. The molecule has 0 atom stereocenters. The average Bonchev–Trinajstić information content (AvgIpc) is 2.84. The van der Waals surface area contributed by atoms with Crippen molar-refractivity contribution in [2.24, 2.45) is 0 Å². The van der Waals surface area contributed by atoms with Crippen molar-refractivity contribution in [1.82, 2.24) is 5.32 Å². The topological polar surface area (TPSA) is 75.7 Å². The van der Waals surface area contributed by atoms with E-state index in [2.05, 4.69) is 5.32 Å². The third kappa shape index (κ3) is 6.20. The molecule has 6 nitrogen and oxygen atoms in total. The first-order chi connectivity index (χ1) is 12.4. The van der Waals surface area contributed by atoms with Crippen LogP contribution in [-0.2, 0) is 14.8 Å². The summed E-state index contributed by atoms with van der Waals surface area (Å²) in [5.74, 6) is 0.407. The number of hydrogen-bond acceptors (Lipinski definition) is 4. The molecule has 1 saturated carbocycles. The first-order valence-electron chi connectivity index (χ1n) is 9.40. The van der Waals surface area contributed by atoms with Crippen molar-refractivity contribution in [3.05, 3.63) is 24.3 Å². The van der Waals surface area contributed by atoms with Gasteiger partial charge in [-0.2, -0.15) is 0 Å². The van der Waals surface area contributed by atoms with Gasteiger partial charge in [-0.05, 0) is 31.9 Å². The van der Waals surface area contributed by atoms with Crippen LogP contribution in [0.25, 0.3) is 0 Å². The molecule has 1 aliphatic rings. The van der Waals surface area contributed by atoms with Crippen molar-refractivity contribution in [3.8, 4) is 5.75 Å². The highest BCUT2D eigenvalue weighted by Gasteiger charge is 2.22. The van der Waals surface area contributed by atoms with Crippen molar-refractivity contribution in [1.29, 1.82) is 0 Å². The molecule has 0 radical (unpaired) electrons. The minimum atomic E-state index is -3.52. The third-order valence-corrected chi connectivity index (χ3v) is 5.78. The first-order valence-corrected chi connectivity index (χ1v) is 11.3. The predicted molar refractivity (Wildman–Crippen MR) is 104 cm³/mol. The van der Waals surface area contributed by atoms with E-state index in [0.717, 1.165) is 31.9 Å². The Bertz CT molecular complexity index is 683. The molecular weight excluding hydrogens is 352 g/mol. The van der Waals surface area contributed by atoms with Gasteiger partial charge >= 0.3 is 0 Å². The summed E-state index contributed by atoms with van der Waals surface area (Å²) in [5.41, 5.74) is 0.471. The fraction of sp³-hybridized carbons (Fsp3) is 0.632. The summed E-state index contributed by atoms with van der Waals surface area (Å²) < 4.78 is 31.4. The van der Waals surface area contributed by atoms with E-state index in [0.29, 0.717) is 18.0 Å². The lowest BCUT2D eigenvalue weighted by molar-refractivity contribution is -0.121. The fourth-order valence-electron chi connectivity index (χ4n) is 3.33. The lowest BCUT2D eigenvalue weighted by Crippen LogP contribution is -2.38.